The minimum absolute atomic E-state index is 0.0186. The number of amides is 2. The summed E-state index contributed by atoms with van der Waals surface area (Å²) in [5.41, 5.74) is 1.09. The standard InChI is InChI=1S/C16H21BrN2O3S/c17-13-6-4-12(5-7-13)15(11-2-1-3-11)19-16(20)18-14-8-9-23(21,22)10-14/h4-7,11,14-15H,1-3,8-10H2,(H2,18,19,20)/t14-,15+/m0/s1. The smallest absolute Gasteiger partial charge is 0.315 e. The molecule has 0 aromatic heterocycles. The van der Waals surface area contributed by atoms with Crippen molar-refractivity contribution in [2.24, 2.45) is 5.92 Å². The normalized spacial score (nSPS) is 24.7. The van der Waals surface area contributed by atoms with Crippen molar-refractivity contribution in [1.29, 1.82) is 0 Å². The van der Waals surface area contributed by atoms with Crippen LogP contribution in [-0.4, -0.2) is 32.0 Å². The molecule has 2 aliphatic rings. The molecule has 2 atom stereocenters. The quantitative estimate of drug-likeness (QED) is 0.815. The van der Waals surface area contributed by atoms with Crippen LogP contribution >= 0.6 is 15.9 Å². The maximum Gasteiger partial charge on any atom is 0.315 e. The molecule has 1 aromatic carbocycles. The Morgan fingerprint density at radius 1 is 1.17 bits per heavy atom. The number of sulfone groups is 1. The number of carbonyl (C=O) groups is 1. The number of urea groups is 1. The molecule has 1 aromatic rings. The Morgan fingerprint density at radius 2 is 1.87 bits per heavy atom. The number of hydrogen-bond donors (Lipinski definition) is 2. The second-order valence-corrected chi connectivity index (χ2v) is 9.58. The number of rotatable bonds is 4. The number of hydrogen-bond acceptors (Lipinski definition) is 3. The molecule has 2 amide bonds. The maximum absolute atomic E-state index is 12.3. The van der Waals surface area contributed by atoms with E-state index in [9.17, 15) is 13.2 Å². The summed E-state index contributed by atoms with van der Waals surface area (Å²) in [5.74, 6) is 0.665. The lowest BCUT2D eigenvalue weighted by atomic mass is 9.77. The largest absolute Gasteiger partial charge is 0.334 e. The Kier molecular flexibility index (Phi) is 4.96. The Labute approximate surface area is 145 Å². The van der Waals surface area contributed by atoms with E-state index in [1.54, 1.807) is 0 Å². The summed E-state index contributed by atoms with van der Waals surface area (Å²) >= 11 is 3.43. The van der Waals surface area contributed by atoms with E-state index in [4.69, 9.17) is 0 Å². The first-order valence-corrected chi connectivity index (χ1v) is 10.6. The van der Waals surface area contributed by atoms with Crippen LogP contribution in [0.1, 0.15) is 37.3 Å². The molecule has 0 radical (unpaired) electrons. The zero-order chi connectivity index (χ0) is 16.4. The monoisotopic (exact) mass is 400 g/mol. The fourth-order valence-corrected chi connectivity index (χ4v) is 5.13. The van der Waals surface area contributed by atoms with E-state index < -0.39 is 9.84 Å². The molecule has 1 heterocycles. The highest BCUT2D eigenvalue weighted by atomic mass is 79.9. The van der Waals surface area contributed by atoms with Gasteiger partial charge in [0.05, 0.1) is 17.5 Å². The van der Waals surface area contributed by atoms with Gasteiger partial charge in [-0.1, -0.05) is 34.5 Å². The number of carbonyl (C=O) groups excluding carboxylic acids is 1. The first-order valence-electron chi connectivity index (χ1n) is 7.96. The van der Waals surface area contributed by atoms with Gasteiger partial charge in [0, 0.05) is 10.5 Å². The second kappa shape index (κ2) is 6.81. The van der Waals surface area contributed by atoms with Crippen LogP contribution in [0.3, 0.4) is 0 Å². The van der Waals surface area contributed by atoms with Crippen molar-refractivity contribution >= 4 is 31.8 Å². The van der Waals surface area contributed by atoms with Crippen molar-refractivity contribution in [3.05, 3.63) is 34.3 Å². The number of nitrogens with one attached hydrogen (secondary N) is 2. The molecule has 5 nitrogen and oxygen atoms in total. The molecule has 126 valence electrons. The summed E-state index contributed by atoms with van der Waals surface area (Å²) < 4.78 is 24.0. The number of halogens is 1. The van der Waals surface area contributed by atoms with Crippen LogP contribution in [0, 0.1) is 5.92 Å². The van der Waals surface area contributed by atoms with Crippen molar-refractivity contribution in [3.63, 3.8) is 0 Å². The average molecular weight is 401 g/mol. The average Bonchev–Trinajstić information content (AvgIpc) is 2.76. The van der Waals surface area contributed by atoms with Gasteiger partial charge in [0.25, 0.3) is 0 Å². The maximum atomic E-state index is 12.3. The fraction of sp³-hybridized carbons (Fsp3) is 0.562. The van der Waals surface area contributed by atoms with Crippen LogP contribution in [0.25, 0.3) is 0 Å². The molecule has 0 spiro atoms. The van der Waals surface area contributed by atoms with Gasteiger partial charge < -0.3 is 10.6 Å². The number of benzene rings is 1. The first-order chi connectivity index (χ1) is 10.9. The highest BCUT2D eigenvalue weighted by Crippen LogP contribution is 2.38. The third kappa shape index (κ3) is 4.26. The van der Waals surface area contributed by atoms with Gasteiger partial charge in [-0.15, -0.1) is 0 Å². The van der Waals surface area contributed by atoms with Gasteiger partial charge in [0.15, 0.2) is 9.84 Å². The first kappa shape index (κ1) is 16.8. The van der Waals surface area contributed by atoms with E-state index in [1.165, 1.54) is 6.42 Å². The summed E-state index contributed by atoms with van der Waals surface area (Å²) in [6.07, 6.45) is 3.92. The van der Waals surface area contributed by atoms with Gasteiger partial charge in [-0.05, 0) is 42.9 Å². The van der Waals surface area contributed by atoms with Crippen LogP contribution in [0.4, 0.5) is 4.79 Å². The van der Waals surface area contributed by atoms with Gasteiger partial charge >= 0.3 is 6.03 Å². The van der Waals surface area contributed by atoms with Crippen LogP contribution in [0.2, 0.25) is 0 Å². The molecule has 2 N–H and O–H groups in total. The molecule has 1 saturated heterocycles. The van der Waals surface area contributed by atoms with Gasteiger partial charge in [-0.3, -0.25) is 0 Å². The predicted molar refractivity (Wildman–Crippen MR) is 93.0 cm³/mol. The Balaban J connectivity index is 1.64. The third-order valence-electron chi connectivity index (χ3n) is 4.70. The second-order valence-electron chi connectivity index (χ2n) is 6.44. The van der Waals surface area contributed by atoms with E-state index in [2.05, 4.69) is 26.6 Å². The van der Waals surface area contributed by atoms with E-state index in [-0.39, 0.29) is 29.6 Å². The molecule has 1 saturated carbocycles. The van der Waals surface area contributed by atoms with Crippen LogP contribution in [-0.2, 0) is 9.84 Å². The van der Waals surface area contributed by atoms with Gasteiger partial charge in [-0.2, -0.15) is 0 Å². The van der Waals surface area contributed by atoms with Crippen molar-refractivity contribution in [1.82, 2.24) is 10.6 Å². The van der Waals surface area contributed by atoms with Crippen LogP contribution in [0.15, 0.2) is 28.7 Å². The summed E-state index contributed by atoms with van der Waals surface area (Å²) in [6, 6.07) is 7.43. The summed E-state index contributed by atoms with van der Waals surface area (Å²) in [5, 5.41) is 5.86. The van der Waals surface area contributed by atoms with E-state index >= 15 is 0 Å². The topological polar surface area (TPSA) is 75.3 Å². The summed E-state index contributed by atoms with van der Waals surface area (Å²) in [4.78, 5) is 12.3. The molecular formula is C16H21BrN2O3S. The SMILES string of the molecule is O=C(N[C@H]1CCS(=O)(=O)C1)N[C@@H](c1ccc(Br)cc1)C1CCC1. The molecule has 0 unspecified atom stereocenters. The zero-order valence-electron chi connectivity index (χ0n) is 12.8. The van der Waals surface area contributed by atoms with Crippen molar-refractivity contribution < 1.29 is 13.2 Å². The zero-order valence-corrected chi connectivity index (χ0v) is 15.2. The molecule has 23 heavy (non-hydrogen) atoms. The van der Waals surface area contributed by atoms with Gasteiger partial charge in [0.1, 0.15) is 0 Å². The molecule has 7 heteroatoms. The molecular weight excluding hydrogens is 380 g/mol. The summed E-state index contributed by atoms with van der Waals surface area (Å²) in [7, 11) is -2.98. The molecule has 0 bridgehead atoms. The highest BCUT2D eigenvalue weighted by molar-refractivity contribution is 9.10. The van der Waals surface area contributed by atoms with Crippen LogP contribution in [0.5, 0.6) is 0 Å². The van der Waals surface area contributed by atoms with E-state index in [0.29, 0.717) is 12.3 Å². The Morgan fingerprint density at radius 3 is 2.39 bits per heavy atom. The van der Waals surface area contributed by atoms with Crippen molar-refractivity contribution in [2.75, 3.05) is 11.5 Å². The molecule has 1 aliphatic heterocycles. The minimum atomic E-state index is -2.98. The highest BCUT2D eigenvalue weighted by Gasteiger charge is 2.32. The minimum Gasteiger partial charge on any atom is -0.334 e. The lowest BCUT2D eigenvalue weighted by Crippen LogP contribution is -2.46. The molecule has 1 aliphatic carbocycles. The van der Waals surface area contributed by atoms with Crippen LogP contribution < -0.4 is 10.6 Å². The lowest BCUT2D eigenvalue weighted by Gasteiger charge is -2.35. The van der Waals surface area contributed by atoms with Crippen molar-refractivity contribution in [2.45, 2.75) is 37.8 Å². The molecule has 3 rings (SSSR count). The summed E-state index contributed by atoms with van der Waals surface area (Å²) in [6.45, 7) is 0. The van der Waals surface area contributed by atoms with E-state index in [1.807, 2.05) is 24.3 Å². The van der Waals surface area contributed by atoms with Crippen molar-refractivity contribution in [3.8, 4) is 0 Å². The predicted octanol–water partition coefficient (Wildman–Crippen LogP) is 2.78. The molecule has 2 fully saturated rings. The lowest BCUT2D eigenvalue weighted by molar-refractivity contribution is 0.206. The Hall–Kier alpha value is -1.08. The fourth-order valence-electron chi connectivity index (χ4n) is 3.19. The van der Waals surface area contributed by atoms with E-state index in [0.717, 1.165) is 22.9 Å². The Bertz CT molecular complexity index is 671. The van der Waals surface area contributed by atoms with Gasteiger partial charge in [0.2, 0.25) is 0 Å². The third-order valence-corrected chi connectivity index (χ3v) is 7.00. The van der Waals surface area contributed by atoms with Gasteiger partial charge in [-0.25, -0.2) is 13.2 Å².